The van der Waals surface area contributed by atoms with Gasteiger partial charge in [-0.1, -0.05) is 72.3 Å². The van der Waals surface area contributed by atoms with Crippen molar-refractivity contribution in [3.05, 3.63) is 84.0 Å². The summed E-state index contributed by atoms with van der Waals surface area (Å²) in [4.78, 5) is 0.296. The van der Waals surface area contributed by atoms with Crippen LogP contribution in [0.5, 0.6) is 0 Å². The molecule has 1 saturated heterocycles. The molecule has 0 radical (unpaired) electrons. The first kappa shape index (κ1) is 19.5. The van der Waals surface area contributed by atoms with Crippen molar-refractivity contribution in [2.75, 3.05) is 13.2 Å². The van der Waals surface area contributed by atoms with Crippen LogP contribution in [-0.2, 0) is 14.8 Å². The van der Waals surface area contributed by atoms with Crippen LogP contribution in [0.3, 0.4) is 0 Å². The number of benzene rings is 2. The van der Waals surface area contributed by atoms with Gasteiger partial charge in [0, 0.05) is 19.1 Å². The molecule has 2 atom stereocenters. The molecule has 0 unspecified atom stereocenters. The molecule has 2 aromatic rings. The van der Waals surface area contributed by atoms with E-state index in [9.17, 15) is 8.42 Å². The van der Waals surface area contributed by atoms with Gasteiger partial charge in [-0.3, -0.25) is 0 Å². The van der Waals surface area contributed by atoms with E-state index in [-0.39, 0.29) is 12.0 Å². The van der Waals surface area contributed by atoms with E-state index in [4.69, 9.17) is 4.74 Å². The third kappa shape index (κ3) is 5.63. The van der Waals surface area contributed by atoms with Crippen LogP contribution >= 0.6 is 0 Å². The fraction of sp³-hybridized carbons (Fsp3) is 0.273. The summed E-state index contributed by atoms with van der Waals surface area (Å²) < 4.78 is 33.4. The highest BCUT2D eigenvalue weighted by molar-refractivity contribution is 7.89. The largest absolute Gasteiger partial charge is 0.374 e. The SMILES string of the molecule is Cc1ccc(S(=O)(=O)NC[C@@H]2CCO[C@@H]2/C=C/C=C/c2ccccc2)cc1. The first-order valence-electron chi connectivity index (χ1n) is 9.12. The molecule has 4 nitrogen and oxygen atoms in total. The number of hydrogen-bond acceptors (Lipinski definition) is 3. The first-order chi connectivity index (χ1) is 13.0. The van der Waals surface area contributed by atoms with Gasteiger partial charge in [0.2, 0.25) is 10.0 Å². The topological polar surface area (TPSA) is 55.4 Å². The average molecular weight is 384 g/mol. The molecular formula is C22H25NO3S. The Hall–Kier alpha value is -2.21. The maximum absolute atomic E-state index is 12.4. The van der Waals surface area contributed by atoms with Gasteiger partial charge in [-0.2, -0.15) is 0 Å². The molecule has 1 aliphatic heterocycles. The van der Waals surface area contributed by atoms with E-state index < -0.39 is 10.0 Å². The van der Waals surface area contributed by atoms with Crippen molar-refractivity contribution in [3.8, 4) is 0 Å². The molecule has 1 fully saturated rings. The van der Waals surface area contributed by atoms with Crippen molar-refractivity contribution in [1.29, 1.82) is 0 Å². The van der Waals surface area contributed by atoms with Gasteiger partial charge in [0.1, 0.15) is 0 Å². The summed E-state index contributed by atoms with van der Waals surface area (Å²) in [6.07, 6.45) is 8.73. The van der Waals surface area contributed by atoms with Crippen molar-refractivity contribution in [2.45, 2.75) is 24.3 Å². The lowest BCUT2D eigenvalue weighted by molar-refractivity contribution is 0.128. The number of rotatable bonds is 7. The summed E-state index contributed by atoms with van der Waals surface area (Å²) in [5.41, 5.74) is 2.17. The average Bonchev–Trinajstić information content (AvgIpc) is 3.12. The monoisotopic (exact) mass is 383 g/mol. The fourth-order valence-corrected chi connectivity index (χ4v) is 4.10. The number of aryl methyl sites for hydroxylation is 1. The van der Waals surface area contributed by atoms with Crippen LogP contribution in [0, 0.1) is 12.8 Å². The van der Waals surface area contributed by atoms with E-state index in [1.54, 1.807) is 24.3 Å². The Labute approximate surface area is 161 Å². The molecular weight excluding hydrogens is 358 g/mol. The molecule has 142 valence electrons. The van der Waals surface area contributed by atoms with E-state index >= 15 is 0 Å². The Kier molecular flexibility index (Phi) is 6.61. The Morgan fingerprint density at radius 2 is 1.81 bits per heavy atom. The highest BCUT2D eigenvalue weighted by Gasteiger charge is 2.27. The van der Waals surface area contributed by atoms with Crippen LogP contribution in [0.1, 0.15) is 17.5 Å². The number of sulfonamides is 1. The molecule has 3 rings (SSSR count). The van der Waals surface area contributed by atoms with Crippen LogP contribution in [0.4, 0.5) is 0 Å². The quantitative estimate of drug-likeness (QED) is 0.737. The van der Waals surface area contributed by atoms with Crippen LogP contribution in [0.2, 0.25) is 0 Å². The molecule has 5 heteroatoms. The zero-order valence-corrected chi connectivity index (χ0v) is 16.2. The summed E-state index contributed by atoms with van der Waals surface area (Å²) in [6, 6.07) is 16.9. The van der Waals surface area contributed by atoms with Gasteiger partial charge in [-0.05, 0) is 31.0 Å². The third-order valence-corrected chi connectivity index (χ3v) is 6.07. The lowest BCUT2D eigenvalue weighted by Gasteiger charge is -2.16. The fourth-order valence-electron chi connectivity index (χ4n) is 3.01. The zero-order chi connectivity index (χ0) is 19.1. The second-order valence-corrected chi connectivity index (χ2v) is 8.47. The summed E-state index contributed by atoms with van der Waals surface area (Å²) in [7, 11) is -3.49. The normalized spacial score (nSPS) is 20.6. The van der Waals surface area contributed by atoms with Crippen LogP contribution in [-0.4, -0.2) is 27.7 Å². The number of allylic oxidation sites excluding steroid dienone is 2. The third-order valence-electron chi connectivity index (χ3n) is 4.63. The summed E-state index contributed by atoms with van der Waals surface area (Å²) in [6.45, 7) is 2.95. The molecule has 1 N–H and O–H groups in total. The van der Waals surface area contributed by atoms with Gasteiger partial charge in [-0.15, -0.1) is 0 Å². The minimum absolute atomic E-state index is 0.0776. The van der Waals surface area contributed by atoms with Crippen LogP contribution in [0.15, 0.2) is 77.7 Å². The molecule has 0 saturated carbocycles. The van der Waals surface area contributed by atoms with Crippen molar-refractivity contribution in [1.82, 2.24) is 4.72 Å². The van der Waals surface area contributed by atoms with Crippen LogP contribution in [0.25, 0.3) is 6.08 Å². The van der Waals surface area contributed by atoms with E-state index in [0.717, 1.165) is 17.5 Å². The van der Waals surface area contributed by atoms with Gasteiger partial charge < -0.3 is 4.74 Å². The Morgan fingerprint density at radius 3 is 2.56 bits per heavy atom. The van der Waals surface area contributed by atoms with Gasteiger partial charge >= 0.3 is 0 Å². The molecule has 27 heavy (non-hydrogen) atoms. The summed E-state index contributed by atoms with van der Waals surface area (Å²) >= 11 is 0. The van der Waals surface area contributed by atoms with Crippen molar-refractivity contribution < 1.29 is 13.2 Å². The molecule has 0 aliphatic carbocycles. The molecule has 1 aliphatic rings. The molecule has 0 spiro atoms. The van der Waals surface area contributed by atoms with Crippen molar-refractivity contribution in [2.24, 2.45) is 5.92 Å². The minimum Gasteiger partial charge on any atom is -0.374 e. The Bertz CT molecular complexity index is 887. The number of nitrogens with one attached hydrogen (secondary N) is 1. The second-order valence-electron chi connectivity index (χ2n) is 6.70. The maximum atomic E-state index is 12.4. The standard InChI is InChI=1S/C22H25NO3S/c1-18-11-13-21(14-12-18)27(24,25)23-17-20-15-16-26-22(20)10-6-5-9-19-7-3-2-4-8-19/h2-14,20,22-23H,15-17H2,1H3/b9-5+,10-6+/t20-,22+/m0/s1. The number of hydrogen-bond donors (Lipinski definition) is 1. The van der Waals surface area contributed by atoms with Crippen LogP contribution < -0.4 is 4.72 Å². The summed E-state index contributed by atoms with van der Waals surface area (Å²) in [5, 5.41) is 0. The molecule has 1 heterocycles. The van der Waals surface area contributed by atoms with Crippen molar-refractivity contribution in [3.63, 3.8) is 0 Å². The van der Waals surface area contributed by atoms with Crippen molar-refractivity contribution >= 4 is 16.1 Å². The van der Waals surface area contributed by atoms with Gasteiger partial charge in [0.05, 0.1) is 11.0 Å². The minimum atomic E-state index is -3.49. The van der Waals surface area contributed by atoms with E-state index in [2.05, 4.69) is 4.72 Å². The highest BCUT2D eigenvalue weighted by Crippen LogP contribution is 2.22. The van der Waals surface area contributed by atoms with E-state index in [0.29, 0.717) is 18.0 Å². The smallest absolute Gasteiger partial charge is 0.240 e. The number of ether oxygens (including phenoxy) is 1. The molecule has 2 aromatic carbocycles. The van der Waals surface area contributed by atoms with Gasteiger partial charge in [0.15, 0.2) is 0 Å². The molecule has 0 aromatic heterocycles. The van der Waals surface area contributed by atoms with Gasteiger partial charge in [-0.25, -0.2) is 13.1 Å². The molecule has 0 amide bonds. The molecule has 0 bridgehead atoms. The Morgan fingerprint density at radius 1 is 1.07 bits per heavy atom. The van der Waals surface area contributed by atoms with Gasteiger partial charge in [0.25, 0.3) is 0 Å². The first-order valence-corrected chi connectivity index (χ1v) is 10.6. The second kappa shape index (κ2) is 9.13. The Balaban J connectivity index is 1.56. The predicted octanol–water partition coefficient (Wildman–Crippen LogP) is 3.95. The lowest BCUT2D eigenvalue weighted by atomic mass is 10.0. The lowest BCUT2D eigenvalue weighted by Crippen LogP contribution is -2.32. The highest BCUT2D eigenvalue weighted by atomic mass is 32.2. The van der Waals surface area contributed by atoms with E-state index in [1.807, 2.05) is 61.6 Å². The summed E-state index contributed by atoms with van der Waals surface area (Å²) in [5.74, 6) is 0.131. The zero-order valence-electron chi connectivity index (χ0n) is 15.4. The maximum Gasteiger partial charge on any atom is 0.240 e. The predicted molar refractivity (Wildman–Crippen MR) is 109 cm³/mol. The van der Waals surface area contributed by atoms with E-state index in [1.165, 1.54) is 0 Å².